The van der Waals surface area contributed by atoms with Gasteiger partial charge in [0.15, 0.2) is 0 Å². The van der Waals surface area contributed by atoms with E-state index in [4.69, 9.17) is 23.2 Å². The second-order valence-electron chi connectivity index (χ2n) is 5.90. The Hall–Kier alpha value is 0.250. The van der Waals surface area contributed by atoms with E-state index < -0.39 is 4.33 Å². The second-order valence-corrected chi connectivity index (χ2v) is 7.34. The molecule has 0 aromatic rings. The van der Waals surface area contributed by atoms with Gasteiger partial charge in [0.25, 0.3) is 0 Å². The molecule has 5 aliphatic rings. The highest BCUT2D eigenvalue weighted by Crippen LogP contribution is 2.86. The molecule has 0 aromatic carbocycles. The maximum Gasteiger partial charge on any atom is 0.140 e. The lowest BCUT2D eigenvalue weighted by Crippen LogP contribution is -2.52. The molecule has 3 heteroatoms. The molecule has 5 aliphatic carbocycles. The third kappa shape index (κ3) is 0.427. The topological polar surface area (TPSA) is 17.1 Å². The lowest BCUT2D eigenvalue weighted by atomic mass is 9.59. The summed E-state index contributed by atoms with van der Waals surface area (Å²) >= 11 is 13.0. The number of carbonyl (C=O) groups excluding carboxylic acids is 1. The summed E-state index contributed by atoms with van der Waals surface area (Å²) in [6.07, 6.45) is 1.25. The number of carbonyl (C=O) groups is 1. The zero-order valence-electron chi connectivity index (χ0n) is 7.49. The predicted octanol–water partition coefficient (Wildman–Crippen LogP) is 2.12. The van der Waals surface area contributed by atoms with Crippen LogP contribution in [0.25, 0.3) is 0 Å². The zero-order chi connectivity index (χ0) is 9.40. The first-order chi connectivity index (χ1) is 6.64. The average molecular weight is 229 g/mol. The van der Waals surface area contributed by atoms with Crippen LogP contribution in [-0.4, -0.2) is 10.1 Å². The van der Waals surface area contributed by atoms with Crippen LogP contribution in [0, 0.1) is 47.3 Å². The smallest absolute Gasteiger partial charge is 0.140 e. The number of rotatable bonds is 0. The van der Waals surface area contributed by atoms with Crippen molar-refractivity contribution in [2.45, 2.75) is 10.8 Å². The van der Waals surface area contributed by atoms with Gasteiger partial charge in [0, 0.05) is 23.7 Å². The van der Waals surface area contributed by atoms with Crippen molar-refractivity contribution >= 4 is 29.0 Å². The van der Waals surface area contributed by atoms with E-state index in [1.807, 2.05) is 0 Å². The molecule has 0 spiro atoms. The van der Waals surface area contributed by atoms with Crippen LogP contribution in [0.3, 0.4) is 0 Å². The number of alkyl halides is 2. The molecule has 0 aromatic heterocycles. The van der Waals surface area contributed by atoms with Gasteiger partial charge in [-0.1, -0.05) is 0 Å². The fourth-order valence-electron chi connectivity index (χ4n) is 6.07. The van der Waals surface area contributed by atoms with E-state index in [0.29, 0.717) is 35.4 Å². The summed E-state index contributed by atoms with van der Waals surface area (Å²) < 4.78 is -0.541. The molecule has 14 heavy (non-hydrogen) atoms. The van der Waals surface area contributed by atoms with Crippen molar-refractivity contribution in [3.8, 4) is 0 Å². The maximum absolute atomic E-state index is 12.1. The van der Waals surface area contributed by atoms with Crippen LogP contribution in [-0.2, 0) is 4.79 Å². The monoisotopic (exact) mass is 228 g/mol. The third-order valence-electron chi connectivity index (χ3n) is 6.05. The summed E-state index contributed by atoms with van der Waals surface area (Å²) in [5, 5.41) is 0. The van der Waals surface area contributed by atoms with Gasteiger partial charge in [-0.2, -0.15) is 0 Å². The van der Waals surface area contributed by atoms with Gasteiger partial charge in [-0.15, -0.1) is 23.2 Å². The number of ketones is 1. The van der Waals surface area contributed by atoms with Crippen molar-refractivity contribution in [1.29, 1.82) is 0 Å². The van der Waals surface area contributed by atoms with Crippen LogP contribution in [0.4, 0.5) is 0 Å². The lowest BCUT2D eigenvalue weighted by molar-refractivity contribution is -0.133. The number of hydrogen-bond acceptors (Lipinski definition) is 1. The van der Waals surface area contributed by atoms with Crippen molar-refractivity contribution in [2.75, 3.05) is 0 Å². The quantitative estimate of drug-likeness (QED) is 0.581. The maximum atomic E-state index is 12.1. The molecular formula is C11H10Cl2O. The molecule has 2 bridgehead atoms. The Labute approximate surface area is 92.1 Å². The first-order valence-electron chi connectivity index (χ1n) is 5.55. The molecule has 74 valence electrons. The normalized spacial score (nSPS) is 73.4. The van der Waals surface area contributed by atoms with Crippen molar-refractivity contribution < 1.29 is 4.79 Å². The highest BCUT2D eigenvalue weighted by Gasteiger charge is 2.87. The van der Waals surface area contributed by atoms with Crippen molar-refractivity contribution in [1.82, 2.24) is 0 Å². The van der Waals surface area contributed by atoms with E-state index in [9.17, 15) is 4.79 Å². The van der Waals surface area contributed by atoms with Crippen molar-refractivity contribution in [2.24, 2.45) is 47.3 Å². The van der Waals surface area contributed by atoms with Gasteiger partial charge in [-0.3, -0.25) is 4.79 Å². The van der Waals surface area contributed by atoms with Gasteiger partial charge in [0.05, 0.1) is 0 Å². The highest BCUT2D eigenvalue weighted by molar-refractivity contribution is 6.49. The minimum Gasteiger partial charge on any atom is -0.299 e. The van der Waals surface area contributed by atoms with E-state index in [1.165, 1.54) is 6.42 Å². The van der Waals surface area contributed by atoms with Gasteiger partial charge >= 0.3 is 0 Å². The zero-order valence-corrected chi connectivity index (χ0v) is 9.00. The Morgan fingerprint density at radius 2 is 1.86 bits per heavy atom. The molecular weight excluding hydrogens is 219 g/mol. The van der Waals surface area contributed by atoms with Crippen LogP contribution in [0.5, 0.6) is 0 Å². The van der Waals surface area contributed by atoms with Crippen LogP contribution >= 0.6 is 23.2 Å². The van der Waals surface area contributed by atoms with Gasteiger partial charge in [0.2, 0.25) is 0 Å². The minimum absolute atomic E-state index is 0.264. The van der Waals surface area contributed by atoms with Crippen LogP contribution in [0.15, 0.2) is 0 Å². The number of hydrogen-bond donors (Lipinski definition) is 0. The average Bonchev–Trinajstić information content (AvgIpc) is 2.52. The van der Waals surface area contributed by atoms with Crippen molar-refractivity contribution in [3.05, 3.63) is 0 Å². The number of fused-ring (bicyclic) bond motifs is 2. The van der Waals surface area contributed by atoms with E-state index >= 15 is 0 Å². The molecule has 0 unspecified atom stereocenters. The highest BCUT2D eigenvalue weighted by atomic mass is 35.5. The summed E-state index contributed by atoms with van der Waals surface area (Å²) in [6.45, 7) is 0. The Kier molecular flexibility index (Phi) is 0.909. The molecule has 5 fully saturated rings. The standard InChI is InChI=1S/C11H10Cl2O/c12-11(13)8-3-1-2-4-5(3)9(11)7(4)10(14)6(2)8/h2-9H,1H2/t2-,3-,4+,5+,6+,7+,8+,9-/m0/s1. The summed E-state index contributed by atoms with van der Waals surface area (Å²) in [4.78, 5) is 12.1. The molecule has 0 heterocycles. The first kappa shape index (κ1) is 7.51. The van der Waals surface area contributed by atoms with Crippen LogP contribution < -0.4 is 0 Å². The molecule has 1 nitrogen and oxygen atoms in total. The molecule has 8 atom stereocenters. The molecule has 0 radical (unpaired) electrons. The Balaban J connectivity index is 1.87. The Bertz CT molecular complexity index is 391. The lowest BCUT2D eigenvalue weighted by Gasteiger charge is -2.47. The van der Waals surface area contributed by atoms with Gasteiger partial charge in [0.1, 0.15) is 10.1 Å². The summed E-state index contributed by atoms with van der Waals surface area (Å²) in [6, 6.07) is 0. The Morgan fingerprint density at radius 3 is 2.64 bits per heavy atom. The van der Waals surface area contributed by atoms with Gasteiger partial charge in [-0.25, -0.2) is 0 Å². The van der Waals surface area contributed by atoms with Crippen LogP contribution in [0.1, 0.15) is 6.42 Å². The van der Waals surface area contributed by atoms with E-state index in [0.717, 1.165) is 5.92 Å². The second kappa shape index (κ2) is 1.69. The molecule has 0 amide bonds. The fraction of sp³-hybridized carbons (Fsp3) is 0.909. The van der Waals surface area contributed by atoms with Gasteiger partial charge < -0.3 is 0 Å². The molecule has 0 saturated heterocycles. The van der Waals surface area contributed by atoms with E-state index in [1.54, 1.807) is 0 Å². The molecule has 5 rings (SSSR count). The van der Waals surface area contributed by atoms with Gasteiger partial charge in [-0.05, 0) is 30.1 Å². The van der Waals surface area contributed by atoms with Crippen LogP contribution in [0.2, 0.25) is 0 Å². The predicted molar refractivity (Wildman–Crippen MR) is 52.0 cm³/mol. The van der Waals surface area contributed by atoms with E-state index in [2.05, 4.69) is 0 Å². The summed E-state index contributed by atoms with van der Waals surface area (Å²) in [7, 11) is 0. The molecule has 0 aliphatic heterocycles. The first-order valence-corrected chi connectivity index (χ1v) is 6.31. The Morgan fingerprint density at radius 1 is 1.07 bits per heavy atom. The third-order valence-corrected chi connectivity index (χ3v) is 7.06. The van der Waals surface area contributed by atoms with E-state index in [-0.39, 0.29) is 11.8 Å². The molecule has 5 saturated carbocycles. The number of Topliss-reactive ketones (excluding diaryl/α,β-unsaturated/α-hetero) is 1. The minimum atomic E-state index is -0.541. The molecule has 0 N–H and O–H groups in total. The number of halogens is 2. The summed E-state index contributed by atoms with van der Waals surface area (Å²) in [5.74, 6) is 4.55. The van der Waals surface area contributed by atoms with Crippen molar-refractivity contribution in [3.63, 3.8) is 0 Å². The SMILES string of the molecule is O=C1[C@@H]2[C@H]3C[C@H]4[C@@H]5[C@@H]3[C@@H]1[C@H]5C(Cl)(Cl)[C@H]42. The largest absolute Gasteiger partial charge is 0.299 e. The fourth-order valence-corrected chi connectivity index (χ4v) is 7.23. The summed E-state index contributed by atoms with van der Waals surface area (Å²) in [5.41, 5.74) is 0.